The highest BCUT2D eigenvalue weighted by Gasteiger charge is 2.25. The molecule has 27 heavy (non-hydrogen) atoms. The summed E-state index contributed by atoms with van der Waals surface area (Å²) in [4.78, 5) is 8.27. The number of rotatable bonds is 5. The SMILES string of the molecule is Cc1ccc(C)c(-n2ccnc2S(=O)(=O)Cc2noc(-c3ccsc3)n2)c1. The largest absolute Gasteiger partial charge is 0.334 e. The van der Waals surface area contributed by atoms with Crippen LogP contribution < -0.4 is 0 Å². The summed E-state index contributed by atoms with van der Waals surface area (Å²) in [7, 11) is -3.76. The second kappa shape index (κ2) is 6.75. The van der Waals surface area contributed by atoms with Crippen molar-refractivity contribution in [2.45, 2.75) is 24.8 Å². The maximum atomic E-state index is 12.9. The third-order valence-corrected chi connectivity index (χ3v) is 6.24. The van der Waals surface area contributed by atoms with Crippen molar-refractivity contribution in [3.8, 4) is 17.1 Å². The predicted octanol–water partition coefficient (Wildman–Crippen LogP) is 3.57. The van der Waals surface area contributed by atoms with E-state index in [1.807, 2.05) is 48.9 Å². The molecule has 0 aliphatic heterocycles. The summed E-state index contributed by atoms with van der Waals surface area (Å²) >= 11 is 1.50. The van der Waals surface area contributed by atoms with Gasteiger partial charge in [0, 0.05) is 17.8 Å². The zero-order chi connectivity index (χ0) is 19.0. The molecular weight excluding hydrogens is 384 g/mol. The molecule has 0 aliphatic rings. The molecule has 0 amide bonds. The highest BCUT2D eigenvalue weighted by atomic mass is 32.2. The molecule has 7 nitrogen and oxygen atoms in total. The van der Waals surface area contributed by atoms with E-state index in [1.54, 1.807) is 10.8 Å². The maximum absolute atomic E-state index is 12.9. The number of imidazole rings is 1. The lowest BCUT2D eigenvalue weighted by molar-refractivity contribution is 0.424. The van der Waals surface area contributed by atoms with Crippen LogP contribution in [0.3, 0.4) is 0 Å². The van der Waals surface area contributed by atoms with Crippen LogP contribution in [0.15, 0.2) is 57.1 Å². The molecule has 0 saturated carbocycles. The molecule has 0 aliphatic carbocycles. The minimum Gasteiger partial charge on any atom is -0.334 e. The molecular formula is C18H16N4O3S2. The molecule has 4 rings (SSSR count). The summed E-state index contributed by atoms with van der Waals surface area (Å²) in [5.41, 5.74) is 3.53. The van der Waals surface area contributed by atoms with Crippen molar-refractivity contribution in [1.82, 2.24) is 19.7 Å². The molecule has 0 saturated heterocycles. The van der Waals surface area contributed by atoms with Gasteiger partial charge in [-0.05, 0) is 42.5 Å². The summed E-state index contributed by atoms with van der Waals surface area (Å²) in [5.74, 6) is 0.0220. The van der Waals surface area contributed by atoms with Gasteiger partial charge in [-0.2, -0.15) is 16.3 Å². The second-order valence-corrected chi connectivity index (χ2v) is 8.82. The number of aryl methyl sites for hydroxylation is 2. The molecule has 4 aromatic rings. The van der Waals surface area contributed by atoms with Crippen molar-refractivity contribution < 1.29 is 12.9 Å². The predicted molar refractivity (Wildman–Crippen MR) is 102 cm³/mol. The fourth-order valence-electron chi connectivity index (χ4n) is 2.73. The van der Waals surface area contributed by atoms with Crippen molar-refractivity contribution >= 4 is 21.2 Å². The lowest BCUT2D eigenvalue weighted by atomic mass is 10.1. The van der Waals surface area contributed by atoms with E-state index in [9.17, 15) is 8.42 Å². The third kappa shape index (κ3) is 3.43. The summed E-state index contributed by atoms with van der Waals surface area (Å²) < 4.78 is 32.6. The van der Waals surface area contributed by atoms with Gasteiger partial charge in [-0.3, -0.25) is 4.57 Å². The first kappa shape index (κ1) is 17.6. The van der Waals surface area contributed by atoms with E-state index in [0.29, 0.717) is 5.89 Å². The van der Waals surface area contributed by atoms with Crippen molar-refractivity contribution in [1.29, 1.82) is 0 Å². The number of thiophene rings is 1. The van der Waals surface area contributed by atoms with E-state index in [0.717, 1.165) is 22.4 Å². The Kier molecular flexibility index (Phi) is 4.40. The minimum atomic E-state index is -3.76. The van der Waals surface area contributed by atoms with Crippen LogP contribution in [0.4, 0.5) is 0 Å². The minimum absolute atomic E-state index is 0.0434. The Balaban J connectivity index is 1.68. The van der Waals surface area contributed by atoms with Crippen molar-refractivity contribution in [3.05, 3.63) is 64.4 Å². The summed E-state index contributed by atoms with van der Waals surface area (Å²) in [5, 5.41) is 7.51. The van der Waals surface area contributed by atoms with Gasteiger partial charge in [0.1, 0.15) is 5.75 Å². The topological polar surface area (TPSA) is 90.9 Å². The summed E-state index contributed by atoms with van der Waals surface area (Å²) in [6.45, 7) is 3.89. The first-order valence-electron chi connectivity index (χ1n) is 8.13. The Labute approximate surface area is 160 Å². The zero-order valence-electron chi connectivity index (χ0n) is 14.7. The molecule has 3 heterocycles. The Morgan fingerprint density at radius 2 is 2.07 bits per heavy atom. The van der Waals surface area contributed by atoms with E-state index in [4.69, 9.17) is 4.52 Å². The molecule has 0 N–H and O–H groups in total. The molecule has 1 aromatic carbocycles. The standard InChI is InChI=1S/C18H16N4O3S2/c1-12-3-4-13(2)15(9-12)22-7-6-19-18(22)27(23,24)11-16-20-17(25-21-16)14-5-8-26-10-14/h3-10H,11H2,1-2H3. The number of benzene rings is 1. The van der Waals surface area contributed by atoms with E-state index < -0.39 is 9.84 Å². The van der Waals surface area contributed by atoms with Gasteiger partial charge in [0.05, 0.1) is 11.3 Å². The normalized spacial score (nSPS) is 11.8. The zero-order valence-corrected chi connectivity index (χ0v) is 16.3. The van der Waals surface area contributed by atoms with Crippen LogP contribution in [0, 0.1) is 13.8 Å². The van der Waals surface area contributed by atoms with Crippen LogP contribution >= 0.6 is 11.3 Å². The van der Waals surface area contributed by atoms with Crippen LogP contribution in [0.2, 0.25) is 0 Å². The Hall–Kier alpha value is -2.78. The van der Waals surface area contributed by atoms with Crippen molar-refractivity contribution in [3.63, 3.8) is 0 Å². The molecule has 0 atom stereocenters. The molecule has 9 heteroatoms. The van der Waals surface area contributed by atoms with E-state index in [2.05, 4.69) is 15.1 Å². The van der Waals surface area contributed by atoms with Gasteiger partial charge in [0.25, 0.3) is 5.89 Å². The van der Waals surface area contributed by atoms with Gasteiger partial charge in [0.15, 0.2) is 5.82 Å². The quantitative estimate of drug-likeness (QED) is 0.509. The average molecular weight is 400 g/mol. The Morgan fingerprint density at radius 3 is 2.85 bits per heavy atom. The van der Waals surface area contributed by atoms with Crippen LogP contribution in [0.1, 0.15) is 17.0 Å². The summed E-state index contributed by atoms with van der Waals surface area (Å²) in [6.07, 6.45) is 3.11. The lowest BCUT2D eigenvalue weighted by Crippen LogP contribution is -2.13. The van der Waals surface area contributed by atoms with Crippen LogP contribution in [0.25, 0.3) is 17.1 Å². The third-order valence-electron chi connectivity index (χ3n) is 4.06. The highest BCUT2D eigenvalue weighted by Crippen LogP contribution is 2.24. The van der Waals surface area contributed by atoms with Gasteiger partial charge < -0.3 is 4.52 Å². The summed E-state index contributed by atoms with van der Waals surface area (Å²) in [6, 6.07) is 7.70. The number of hydrogen-bond donors (Lipinski definition) is 0. The van der Waals surface area contributed by atoms with Gasteiger partial charge in [0.2, 0.25) is 15.0 Å². The molecule has 138 valence electrons. The lowest BCUT2D eigenvalue weighted by Gasteiger charge is -2.11. The smallest absolute Gasteiger partial charge is 0.258 e. The van der Waals surface area contributed by atoms with Crippen molar-refractivity contribution in [2.24, 2.45) is 0 Å². The first-order chi connectivity index (χ1) is 12.9. The molecule has 0 unspecified atom stereocenters. The Bertz CT molecular complexity index is 1190. The fourth-order valence-corrected chi connectivity index (χ4v) is 4.63. The number of aromatic nitrogens is 4. The van der Waals surface area contributed by atoms with Gasteiger partial charge in [-0.15, -0.1) is 0 Å². The van der Waals surface area contributed by atoms with Crippen LogP contribution in [-0.4, -0.2) is 28.1 Å². The average Bonchev–Trinajstić information content (AvgIpc) is 3.37. The number of nitrogens with zero attached hydrogens (tertiary/aromatic N) is 4. The number of sulfone groups is 1. The molecule has 0 radical (unpaired) electrons. The van der Waals surface area contributed by atoms with Gasteiger partial charge in [-0.25, -0.2) is 13.4 Å². The Morgan fingerprint density at radius 1 is 1.22 bits per heavy atom. The van der Waals surface area contributed by atoms with E-state index in [-0.39, 0.29) is 16.7 Å². The van der Waals surface area contributed by atoms with E-state index in [1.165, 1.54) is 17.5 Å². The molecule has 0 fully saturated rings. The second-order valence-electron chi connectivity index (χ2n) is 6.16. The molecule has 3 aromatic heterocycles. The van der Waals surface area contributed by atoms with Crippen LogP contribution in [-0.2, 0) is 15.6 Å². The monoisotopic (exact) mass is 400 g/mol. The van der Waals surface area contributed by atoms with Crippen molar-refractivity contribution in [2.75, 3.05) is 0 Å². The first-order valence-corrected chi connectivity index (χ1v) is 10.7. The van der Waals surface area contributed by atoms with E-state index >= 15 is 0 Å². The number of hydrogen-bond acceptors (Lipinski definition) is 7. The van der Waals surface area contributed by atoms with Gasteiger partial charge in [-0.1, -0.05) is 17.3 Å². The molecule has 0 spiro atoms. The maximum Gasteiger partial charge on any atom is 0.258 e. The highest BCUT2D eigenvalue weighted by molar-refractivity contribution is 7.90. The molecule has 0 bridgehead atoms. The van der Waals surface area contributed by atoms with Crippen LogP contribution in [0.5, 0.6) is 0 Å². The van der Waals surface area contributed by atoms with Gasteiger partial charge >= 0.3 is 0 Å². The fraction of sp³-hybridized carbons (Fsp3) is 0.167.